The second-order valence-corrected chi connectivity index (χ2v) is 6.28. The van der Waals surface area contributed by atoms with E-state index in [1.165, 1.54) is 12.8 Å². The molecular formula is C17H24N4O2. The monoisotopic (exact) mass is 316 g/mol. The molecule has 2 aliphatic rings. The second kappa shape index (κ2) is 7.44. The summed E-state index contributed by atoms with van der Waals surface area (Å²) in [6.45, 7) is 2.51. The molecule has 3 rings (SSSR count). The van der Waals surface area contributed by atoms with E-state index < -0.39 is 0 Å². The van der Waals surface area contributed by atoms with Crippen LogP contribution >= 0.6 is 0 Å². The topological polar surface area (TPSA) is 65.5 Å². The Bertz CT molecular complexity index is 543. The molecule has 0 aromatic carbocycles. The molecule has 6 nitrogen and oxygen atoms in total. The third-order valence-electron chi connectivity index (χ3n) is 4.64. The van der Waals surface area contributed by atoms with Crippen LogP contribution in [0, 0.1) is 0 Å². The van der Waals surface area contributed by atoms with E-state index in [-0.39, 0.29) is 11.9 Å². The molecule has 0 radical (unpaired) electrons. The number of carbonyl (C=O) groups excluding carboxylic acids is 2. The molecule has 1 aliphatic heterocycles. The van der Waals surface area contributed by atoms with Crippen molar-refractivity contribution in [1.82, 2.24) is 20.1 Å². The number of rotatable bonds is 2. The summed E-state index contributed by atoms with van der Waals surface area (Å²) in [4.78, 5) is 32.6. The van der Waals surface area contributed by atoms with Crippen molar-refractivity contribution < 1.29 is 9.59 Å². The lowest BCUT2D eigenvalue weighted by Gasteiger charge is -2.24. The first-order valence-electron chi connectivity index (χ1n) is 8.50. The maximum atomic E-state index is 12.5. The van der Waals surface area contributed by atoms with E-state index in [2.05, 4.69) is 10.3 Å². The maximum Gasteiger partial charge on any atom is 0.317 e. The standard InChI is InChI=1S/C17H24N4O2/c22-16(15-8-3-4-9-18-15)20-10-5-11-21(13-12-20)17(23)19-14-6-1-2-7-14/h3-4,8-9,14H,1-2,5-7,10-13H2,(H,19,23). The Kier molecular flexibility index (Phi) is 5.10. The van der Waals surface area contributed by atoms with Gasteiger partial charge in [0.25, 0.3) is 5.91 Å². The molecule has 1 saturated carbocycles. The van der Waals surface area contributed by atoms with Gasteiger partial charge < -0.3 is 15.1 Å². The van der Waals surface area contributed by atoms with E-state index in [4.69, 9.17) is 0 Å². The number of pyridine rings is 1. The number of amides is 3. The molecule has 6 heteroatoms. The van der Waals surface area contributed by atoms with Gasteiger partial charge in [0.1, 0.15) is 5.69 Å². The van der Waals surface area contributed by atoms with Crippen LogP contribution in [0.25, 0.3) is 0 Å². The zero-order valence-electron chi connectivity index (χ0n) is 13.4. The van der Waals surface area contributed by atoms with Crippen LogP contribution in [0.1, 0.15) is 42.6 Å². The van der Waals surface area contributed by atoms with Gasteiger partial charge in [0, 0.05) is 38.4 Å². The fourth-order valence-corrected chi connectivity index (χ4v) is 3.31. The van der Waals surface area contributed by atoms with E-state index in [1.807, 2.05) is 11.0 Å². The van der Waals surface area contributed by atoms with Gasteiger partial charge in [-0.1, -0.05) is 18.9 Å². The van der Waals surface area contributed by atoms with Gasteiger partial charge in [-0.3, -0.25) is 9.78 Å². The summed E-state index contributed by atoms with van der Waals surface area (Å²) in [5.41, 5.74) is 0.469. The predicted octanol–water partition coefficient (Wildman–Crippen LogP) is 1.88. The molecule has 3 amide bonds. The first-order valence-corrected chi connectivity index (χ1v) is 8.50. The van der Waals surface area contributed by atoms with Gasteiger partial charge >= 0.3 is 6.03 Å². The molecular weight excluding hydrogens is 292 g/mol. The minimum atomic E-state index is -0.0522. The summed E-state index contributed by atoms with van der Waals surface area (Å²) < 4.78 is 0. The van der Waals surface area contributed by atoms with Crippen LogP contribution in [0.3, 0.4) is 0 Å². The maximum absolute atomic E-state index is 12.5. The summed E-state index contributed by atoms with van der Waals surface area (Å²) in [6.07, 6.45) is 7.02. The number of hydrogen-bond donors (Lipinski definition) is 1. The number of carbonyl (C=O) groups is 2. The minimum Gasteiger partial charge on any atom is -0.335 e. The van der Waals surface area contributed by atoms with Crippen LogP contribution in [-0.4, -0.2) is 58.9 Å². The quantitative estimate of drug-likeness (QED) is 0.906. The molecule has 1 aliphatic carbocycles. The van der Waals surface area contributed by atoms with Gasteiger partial charge in [-0.05, 0) is 31.4 Å². The van der Waals surface area contributed by atoms with E-state index in [1.54, 1.807) is 23.2 Å². The number of hydrogen-bond acceptors (Lipinski definition) is 3. The Morgan fingerprint density at radius 1 is 1.00 bits per heavy atom. The molecule has 1 saturated heterocycles. The highest BCUT2D eigenvalue weighted by molar-refractivity contribution is 5.92. The van der Waals surface area contributed by atoms with Crippen molar-refractivity contribution in [1.29, 1.82) is 0 Å². The fourth-order valence-electron chi connectivity index (χ4n) is 3.31. The highest BCUT2D eigenvalue weighted by Crippen LogP contribution is 2.18. The van der Waals surface area contributed by atoms with Crippen LogP contribution < -0.4 is 5.32 Å². The third kappa shape index (κ3) is 4.00. The molecule has 1 aromatic rings. The second-order valence-electron chi connectivity index (χ2n) is 6.28. The first-order chi connectivity index (χ1) is 11.2. The Morgan fingerprint density at radius 3 is 2.48 bits per heavy atom. The lowest BCUT2D eigenvalue weighted by atomic mass is 10.2. The van der Waals surface area contributed by atoms with Crippen LogP contribution in [0.15, 0.2) is 24.4 Å². The zero-order chi connectivity index (χ0) is 16.1. The van der Waals surface area contributed by atoms with Crippen molar-refractivity contribution in [3.8, 4) is 0 Å². The molecule has 1 N–H and O–H groups in total. The molecule has 124 valence electrons. The van der Waals surface area contributed by atoms with E-state index in [0.29, 0.717) is 37.9 Å². The lowest BCUT2D eigenvalue weighted by molar-refractivity contribution is 0.0756. The summed E-state index contributed by atoms with van der Waals surface area (Å²) in [6, 6.07) is 5.70. The number of nitrogens with zero attached hydrogens (tertiary/aromatic N) is 3. The van der Waals surface area contributed by atoms with Crippen LogP contribution in [0.5, 0.6) is 0 Å². The summed E-state index contributed by atoms with van der Waals surface area (Å²) >= 11 is 0. The molecule has 2 heterocycles. The Balaban J connectivity index is 1.54. The van der Waals surface area contributed by atoms with Crippen molar-refractivity contribution in [3.05, 3.63) is 30.1 Å². The molecule has 23 heavy (non-hydrogen) atoms. The van der Waals surface area contributed by atoms with E-state index >= 15 is 0 Å². The van der Waals surface area contributed by atoms with Crippen molar-refractivity contribution >= 4 is 11.9 Å². The highest BCUT2D eigenvalue weighted by atomic mass is 16.2. The first kappa shape index (κ1) is 15.8. The molecule has 1 aromatic heterocycles. The molecule has 2 fully saturated rings. The predicted molar refractivity (Wildman–Crippen MR) is 87.1 cm³/mol. The number of aromatic nitrogens is 1. The van der Waals surface area contributed by atoms with Gasteiger partial charge in [0.2, 0.25) is 0 Å². The average molecular weight is 316 g/mol. The van der Waals surface area contributed by atoms with Gasteiger partial charge in [-0.25, -0.2) is 4.79 Å². The van der Waals surface area contributed by atoms with E-state index in [0.717, 1.165) is 19.3 Å². The number of urea groups is 1. The van der Waals surface area contributed by atoms with Gasteiger partial charge in [-0.15, -0.1) is 0 Å². The van der Waals surface area contributed by atoms with Crippen LogP contribution in [0.2, 0.25) is 0 Å². The zero-order valence-corrected chi connectivity index (χ0v) is 13.4. The van der Waals surface area contributed by atoms with E-state index in [9.17, 15) is 9.59 Å². The fraction of sp³-hybridized carbons (Fsp3) is 0.588. The molecule has 0 bridgehead atoms. The van der Waals surface area contributed by atoms with Gasteiger partial charge in [-0.2, -0.15) is 0 Å². The Morgan fingerprint density at radius 2 is 1.74 bits per heavy atom. The largest absolute Gasteiger partial charge is 0.335 e. The number of nitrogens with one attached hydrogen (secondary N) is 1. The van der Waals surface area contributed by atoms with Crippen LogP contribution in [-0.2, 0) is 0 Å². The van der Waals surface area contributed by atoms with Gasteiger partial charge in [0.05, 0.1) is 0 Å². The summed E-state index contributed by atoms with van der Waals surface area (Å²) in [5, 5.41) is 3.12. The Hall–Kier alpha value is -2.11. The van der Waals surface area contributed by atoms with Crippen molar-refractivity contribution in [3.63, 3.8) is 0 Å². The Labute approximate surface area is 136 Å². The lowest BCUT2D eigenvalue weighted by Crippen LogP contribution is -2.45. The average Bonchev–Trinajstić information content (AvgIpc) is 2.96. The van der Waals surface area contributed by atoms with Crippen molar-refractivity contribution in [2.24, 2.45) is 0 Å². The molecule has 0 unspecified atom stereocenters. The third-order valence-corrected chi connectivity index (χ3v) is 4.64. The smallest absolute Gasteiger partial charge is 0.317 e. The van der Waals surface area contributed by atoms with Crippen molar-refractivity contribution in [2.75, 3.05) is 26.2 Å². The van der Waals surface area contributed by atoms with Crippen molar-refractivity contribution in [2.45, 2.75) is 38.1 Å². The molecule has 0 spiro atoms. The molecule has 0 atom stereocenters. The highest BCUT2D eigenvalue weighted by Gasteiger charge is 2.25. The summed E-state index contributed by atoms with van der Waals surface area (Å²) in [7, 11) is 0. The summed E-state index contributed by atoms with van der Waals surface area (Å²) in [5.74, 6) is -0.0522. The SMILES string of the molecule is O=C(NC1CCCC1)N1CCCN(C(=O)c2ccccn2)CC1. The van der Waals surface area contributed by atoms with Crippen LogP contribution in [0.4, 0.5) is 4.79 Å². The normalized spacial score (nSPS) is 19.5. The van der Waals surface area contributed by atoms with Gasteiger partial charge in [0.15, 0.2) is 0 Å². The minimum absolute atomic E-state index is 0.0176.